The summed E-state index contributed by atoms with van der Waals surface area (Å²) >= 11 is 5.16. The van der Waals surface area contributed by atoms with Crippen LogP contribution in [0, 0.1) is 0 Å². The molecule has 0 amide bonds. The van der Waals surface area contributed by atoms with Gasteiger partial charge in [0.2, 0.25) is 0 Å². The largest absolute Gasteiger partial charge is 0.163 e. The number of unbranched alkanes of at least 4 members (excludes halogenated alkanes) is 6. The highest BCUT2D eigenvalue weighted by Crippen LogP contribution is 2.40. The molecule has 0 saturated heterocycles. The van der Waals surface area contributed by atoms with Gasteiger partial charge in [-0.15, -0.1) is 0 Å². The predicted molar refractivity (Wildman–Crippen MR) is 105 cm³/mol. The van der Waals surface area contributed by atoms with Crippen molar-refractivity contribution in [2.45, 2.75) is 63.0 Å². The first-order chi connectivity index (χ1) is 11.3. The minimum absolute atomic E-state index is 0.175. The Bertz CT molecular complexity index is 493. The first-order valence-electron chi connectivity index (χ1n) is 9.11. The molecule has 2 rings (SSSR count). The van der Waals surface area contributed by atoms with Gasteiger partial charge in [0, 0.05) is 0 Å². The fraction of sp³-hybridized carbons (Fsp3) is 0.455. The molecule has 0 nitrogen and oxygen atoms in total. The molecular formula is C22H30S. The van der Waals surface area contributed by atoms with Crippen LogP contribution in [0.1, 0.15) is 69.4 Å². The van der Waals surface area contributed by atoms with Gasteiger partial charge in [0.05, 0.1) is 4.75 Å². The molecule has 0 aliphatic rings. The molecule has 1 heteroatoms. The first kappa shape index (κ1) is 18.1. The van der Waals surface area contributed by atoms with E-state index < -0.39 is 0 Å². The Hall–Kier alpha value is -1.21. The highest BCUT2D eigenvalue weighted by Gasteiger charge is 2.29. The molecule has 0 aliphatic heterocycles. The molecule has 23 heavy (non-hydrogen) atoms. The van der Waals surface area contributed by atoms with Crippen LogP contribution in [0.15, 0.2) is 60.7 Å². The monoisotopic (exact) mass is 326 g/mol. The lowest BCUT2D eigenvalue weighted by molar-refractivity contribution is 0.544. The second kappa shape index (κ2) is 9.82. The molecular weight excluding hydrogens is 296 g/mol. The normalized spacial score (nSPS) is 11.6. The van der Waals surface area contributed by atoms with E-state index in [1.165, 1.54) is 56.1 Å². The lowest BCUT2D eigenvalue weighted by atomic mass is 9.85. The zero-order valence-corrected chi connectivity index (χ0v) is 15.3. The van der Waals surface area contributed by atoms with E-state index in [-0.39, 0.29) is 4.75 Å². The van der Waals surface area contributed by atoms with Crippen LogP contribution in [-0.4, -0.2) is 0 Å². The molecule has 0 bridgehead atoms. The summed E-state index contributed by atoms with van der Waals surface area (Å²) in [6.45, 7) is 2.27. The Kier molecular flexibility index (Phi) is 7.74. The molecule has 0 spiro atoms. The topological polar surface area (TPSA) is 0 Å². The highest BCUT2D eigenvalue weighted by atomic mass is 32.1. The minimum Gasteiger partial charge on any atom is -0.163 e. The van der Waals surface area contributed by atoms with Gasteiger partial charge in [0.25, 0.3) is 0 Å². The van der Waals surface area contributed by atoms with E-state index in [2.05, 4.69) is 67.6 Å². The average molecular weight is 327 g/mol. The molecule has 0 atom stereocenters. The summed E-state index contributed by atoms with van der Waals surface area (Å²) < 4.78 is -0.175. The Morgan fingerprint density at radius 1 is 0.652 bits per heavy atom. The second-order valence-electron chi connectivity index (χ2n) is 6.46. The fourth-order valence-electron chi connectivity index (χ4n) is 3.22. The summed E-state index contributed by atoms with van der Waals surface area (Å²) in [4.78, 5) is 0. The zero-order chi connectivity index (χ0) is 16.4. The Morgan fingerprint density at radius 3 is 1.57 bits per heavy atom. The summed E-state index contributed by atoms with van der Waals surface area (Å²) in [6, 6.07) is 21.5. The fourth-order valence-corrected chi connectivity index (χ4v) is 3.68. The molecule has 0 saturated carbocycles. The molecule has 0 N–H and O–H groups in total. The number of hydrogen-bond acceptors (Lipinski definition) is 1. The van der Waals surface area contributed by atoms with E-state index in [9.17, 15) is 0 Å². The number of benzene rings is 2. The van der Waals surface area contributed by atoms with E-state index >= 15 is 0 Å². The van der Waals surface area contributed by atoms with Gasteiger partial charge in [-0.25, -0.2) is 0 Å². The lowest BCUT2D eigenvalue weighted by Gasteiger charge is -2.30. The maximum atomic E-state index is 5.16. The average Bonchev–Trinajstić information content (AvgIpc) is 2.62. The Labute approximate surface area is 147 Å². The van der Waals surface area contributed by atoms with Gasteiger partial charge < -0.3 is 0 Å². The third-order valence-corrected chi connectivity index (χ3v) is 5.38. The Balaban J connectivity index is 1.98. The first-order valence-corrected chi connectivity index (χ1v) is 9.55. The maximum Gasteiger partial charge on any atom is 0.0626 e. The predicted octanol–water partition coefficient (Wildman–Crippen LogP) is 7.00. The molecule has 2 aromatic rings. The quantitative estimate of drug-likeness (QED) is 0.352. The molecule has 0 aliphatic carbocycles. The third-order valence-electron chi connectivity index (χ3n) is 4.64. The number of thiol groups is 1. The lowest BCUT2D eigenvalue weighted by Crippen LogP contribution is -2.20. The van der Waals surface area contributed by atoms with Crippen molar-refractivity contribution in [3.8, 4) is 0 Å². The maximum absolute atomic E-state index is 5.16. The summed E-state index contributed by atoms with van der Waals surface area (Å²) in [5.41, 5.74) is 2.61. The van der Waals surface area contributed by atoms with Crippen LogP contribution < -0.4 is 0 Å². The van der Waals surface area contributed by atoms with E-state index in [0.717, 1.165) is 6.42 Å². The van der Waals surface area contributed by atoms with Crippen LogP contribution in [0.5, 0.6) is 0 Å². The van der Waals surface area contributed by atoms with Crippen molar-refractivity contribution in [2.24, 2.45) is 0 Å². The van der Waals surface area contributed by atoms with Crippen molar-refractivity contribution < 1.29 is 0 Å². The van der Waals surface area contributed by atoms with Crippen molar-refractivity contribution in [1.82, 2.24) is 0 Å². The number of hydrogen-bond donors (Lipinski definition) is 1. The smallest absolute Gasteiger partial charge is 0.0626 e. The molecule has 2 aromatic carbocycles. The van der Waals surface area contributed by atoms with Gasteiger partial charge in [0.15, 0.2) is 0 Å². The van der Waals surface area contributed by atoms with Crippen LogP contribution in [0.2, 0.25) is 0 Å². The summed E-state index contributed by atoms with van der Waals surface area (Å²) in [5, 5.41) is 0. The van der Waals surface area contributed by atoms with E-state index in [1.54, 1.807) is 0 Å². The van der Waals surface area contributed by atoms with E-state index in [4.69, 9.17) is 12.6 Å². The molecule has 0 aromatic heterocycles. The van der Waals surface area contributed by atoms with Crippen molar-refractivity contribution in [2.75, 3.05) is 0 Å². The number of rotatable bonds is 10. The van der Waals surface area contributed by atoms with E-state index in [0.29, 0.717) is 0 Å². The molecule has 124 valence electrons. The van der Waals surface area contributed by atoms with Crippen LogP contribution in [0.4, 0.5) is 0 Å². The standard InChI is InChI=1S/C22H30S/c1-2-3-4-5-6-7-14-19-22(23,20-15-10-8-11-16-20)21-17-12-9-13-18-21/h8-13,15-18,23H,2-7,14,19H2,1H3. The van der Waals surface area contributed by atoms with Crippen molar-refractivity contribution >= 4 is 12.6 Å². The van der Waals surface area contributed by atoms with E-state index in [1.807, 2.05) is 0 Å². The van der Waals surface area contributed by atoms with Gasteiger partial charge in [-0.3, -0.25) is 0 Å². The van der Waals surface area contributed by atoms with Gasteiger partial charge >= 0.3 is 0 Å². The van der Waals surface area contributed by atoms with Gasteiger partial charge in [-0.1, -0.05) is 113 Å². The molecule has 0 fully saturated rings. The van der Waals surface area contributed by atoms with Crippen molar-refractivity contribution in [3.63, 3.8) is 0 Å². The third kappa shape index (κ3) is 5.42. The van der Waals surface area contributed by atoms with Crippen LogP contribution in [0.3, 0.4) is 0 Å². The van der Waals surface area contributed by atoms with Crippen molar-refractivity contribution in [3.05, 3.63) is 71.8 Å². The summed E-state index contributed by atoms with van der Waals surface area (Å²) in [7, 11) is 0. The highest BCUT2D eigenvalue weighted by molar-refractivity contribution is 7.81. The summed E-state index contributed by atoms with van der Waals surface area (Å²) in [5.74, 6) is 0. The second-order valence-corrected chi connectivity index (χ2v) is 7.23. The summed E-state index contributed by atoms with van der Waals surface area (Å²) in [6.07, 6.45) is 10.5. The van der Waals surface area contributed by atoms with Crippen molar-refractivity contribution in [1.29, 1.82) is 0 Å². The van der Waals surface area contributed by atoms with Crippen LogP contribution in [0.25, 0.3) is 0 Å². The van der Waals surface area contributed by atoms with Gasteiger partial charge in [-0.05, 0) is 17.5 Å². The van der Waals surface area contributed by atoms with Gasteiger partial charge in [-0.2, -0.15) is 12.6 Å². The Morgan fingerprint density at radius 2 is 1.09 bits per heavy atom. The minimum atomic E-state index is -0.175. The molecule has 0 radical (unpaired) electrons. The molecule has 0 unspecified atom stereocenters. The van der Waals surface area contributed by atoms with Crippen LogP contribution >= 0.6 is 12.6 Å². The SMILES string of the molecule is CCCCCCCCCC(S)(c1ccccc1)c1ccccc1. The van der Waals surface area contributed by atoms with Crippen LogP contribution in [-0.2, 0) is 4.75 Å². The molecule has 0 heterocycles. The zero-order valence-electron chi connectivity index (χ0n) is 14.4. The van der Waals surface area contributed by atoms with Gasteiger partial charge in [0.1, 0.15) is 0 Å².